The van der Waals surface area contributed by atoms with Crippen LogP contribution in [0.15, 0.2) is 31.7 Å². The fourth-order valence-electron chi connectivity index (χ4n) is 3.33. The van der Waals surface area contributed by atoms with Crippen LogP contribution in [0.5, 0.6) is 0 Å². The summed E-state index contributed by atoms with van der Waals surface area (Å²) >= 11 is 5.21. The average molecular weight is 572 g/mol. The molecule has 1 saturated heterocycles. The third-order valence-corrected chi connectivity index (χ3v) is 8.87. The van der Waals surface area contributed by atoms with Crippen LogP contribution in [0.4, 0.5) is 5.13 Å². The number of oxime groups is 1. The number of ether oxygens (including phenoxy) is 1. The summed E-state index contributed by atoms with van der Waals surface area (Å²) in [5.74, 6) is -1.66. The van der Waals surface area contributed by atoms with Crippen molar-refractivity contribution in [1.29, 1.82) is 0 Å². The molecule has 0 radical (unpaired) electrons. The number of carboxylic acids is 1. The number of amides is 2. The molecule has 0 bridgehead atoms. The normalized spacial score (nSPS) is 19.6. The summed E-state index contributed by atoms with van der Waals surface area (Å²) in [4.78, 5) is 48.6. The summed E-state index contributed by atoms with van der Waals surface area (Å²) in [6.45, 7) is 2.75. The Kier molecular flexibility index (Phi) is 8.78. The average Bonchev–Trinajstić information content (AvgIpc) is 3.54. The highest BCUT2D eigenvalue weighted by Crippen LogP contribution is 2.41. The molecule has 2 aliphatic rings. The number of rotatable bonds is 12. The number of thioether (sulfide) groups is 2. The molecule has 13 nitrogen and oxygen atoms in total. The Morgan fingerprint density at radius 3 is 2.89 bits per heavy atom. The molecule has 0 aromatic carbocycles. The molecule has 2 atom stereocenters. The second-order valence-electron chi connectivity index (χ2n) is 7.15. The highest BCUT2D eigenvalue weighted by Gasteiger charge is 2.54. The molecule has 0 saturated carbocycles. The first-order chi connectivity index (χ1) is 17.4. The van der Waals surface area contributed by atoms with E-state index in [0.29, 0.717) is 28.0 Å². The number of fused-ring (bicyclic) bond motifs is 1. The number of hydrogen-bond acceptors (Lipinski definition) is 14. The number of anilines is 1. The Balaban J connectivity index is 1.46. The number of nitrogens with zero attached hydrogens (tertiary/aromatic N) is 5. The first kappa shape index (κ1) is 26.3. The van der Waals surface area contributed by atoms with Gasteiger partial charge in [-0.1, -0.05) is 28.3 Å². The van der Waals surface area contributed by atoms with Crippen LogP contribution < -0.4 is 11.1 Å². The molecule has 2 aromatic heterocycles. The van der Waals surface area contributed by atoms with E-state index in [1.807, 2.05) is 6.92 Å². The molecule has 17 heteroatoms. The Morgan fingerprint density at radius 2 is 2.22 bits per heavy atom. The van der Waals surface area contributed by atoms with Gasteiger partial charge in [0.25, 0.3) is 11.8 Å². The van der Waals surface area contributed by atoms with Crippen molar-refractivity contribution in [3.63, 3.8) is 0 Å². The topological polar surface area (TPSA) is 182 Å². The van der Waals surface area contributed by atoms with Gasteiger partial charge in [0.2, 0.25) is 0 Å². The van der Waals surface area contributed by atoms with Crippen LogP contribution in [0.25, 0.3) is 0 Å². The standard InChI is InChI=1S/C19H21N7O6S4/c1-2-31-3-4-32-25-11(10-7-34-18(20)22-10)14(27)23-12-15(28)26-13(17(29)30)9(5-33-16(12)26)6-35-19-24-21-8-36-19/h7-8,12,16H,2-6H2,1H3,(H2,20,22)(H,23,27)(H,29,30)/t12?,16-/m1/s1. The van der Waals surface area contributed by atoms with E-state index in [1.54, 1.807) is 10.9 Å². The van der Waals surface area contributed by atoms with E-state index in [9.17, 15) is 19.5 Å². The number of thiazole rings is 1. The van der Waals surface area contributed by atoms with Gasteiger partial charge in [0.1, 0.15) is 34.9 Å². The molecule has 0 aliphatic carbocycles. The van der Waals surface area contributed by atoms with Crippen molar-refractivity contribution in [2.75, 3.05) is 37.1 Å². The lowest BCUT2D eigenvalue weighted by molar-refractivity contribution is -0.150. The minimum absolute atomic E-state index is 0.0633. The van der Waals surface area contributed by atoms with E-state index in [4.69, 9.17) is 15.3 Å². The van der Waals surface area contributed by atoms with Gasteiger partial charge in [-0.2, -0.15) is 0 Å². The van der Waals surface area contributed by atoms with E-state index in [0.717, 1.165) is 11.3 Å². The number of nitrogens with one attached hydrogen (secondary N) is 1. The molecule has 36 heavy (non-hydrogen) atoms. The molecule has 2 aliphatic heterocycles. The smallest absolute Gasteiger partial charge is 0.352 e. The molecule has 2 amide bonds. The van der Waals surface area contributed by atoms with Gasteiger partial charge in [-0.3, -0.25) is 14.5 Å². The van der Waals surface area contributed by atoms with Crippen molar-refractivity contribution < 1.29 is 29.1 Å². The summed E-state index contributed by atoms with van der Waals surface area (Å²) in [6.07, 6.45) is 0. The van der Waals surface area contributed by atoms with Crippen LogP contribution in [-0.2, 0) is 24.0 Å². The molecular formula is C19H21N7O6S4. The lowest BCUT2D eigenvalue weighted by Crippen LogP contribution is -2.71. The van der Waals surface area contributed by atoms with Crippen molar-refractivity contribution in [2.45, 2.75) is 22.7 Å². The lowest BCUT2D eigenvalue weighted by atomic mass is 10.0. The SMILES string of the molecule is CCOCCON=C(C(=O)NC1C(=O)N2C(C(=O)O)=C(CSc3nncs3)CS[C@H]12)c1csc(N)n1. The maximum Gasteiger partial charge on any atom is 0.352 e. The number of carbonyl (C=O) groups is 3. The summed E-state index contributed by atoms with van der Waals surface area (Å²) in [5.41, 5.74) is 7.89. The van der Waals surface area contributed by atoms with Gasteiger partial charge < -0.3 is 25.7 Å². The van der Waals surface area contributed by atoms with Gasteiger partial charge in [0.05, 0.1) is 6.61 Å². The predicted molar refractivity (Wildman–Crippen MR) is 136 cm³/mol. The second kappa shape index (κ2) is 12.0. The lowest BCUT2D eigenvalue weighted by Gasteiger charge is -2.49. The quantitative estimate of drug-likeness (QED) is 0.108. The molecule has 192 valence electrons. The van der Waals surface area contributed by atoms with E-state index >= 15 is 0 Å². The molecule has 1 fully saturated rings. The summed E-state index contributed by atoms with van der Waals surface area (Å²) in [7, 11) is 0. The molecule has 4 rings (SSSR count). The number of carboxylic acid groups (broad SMARTS) is 1. The van der Waals surface area contributed by atoms with E-state index in [1.165, 1.54) is 39.8 Å². The van der Waals surface area contributed by atoms with Gasteiger partial charge in [0.15, 0.2) is 15.2 Å². The van der Waals surface area contributed by atoms with Gasteiger partial charge in [-0.15, -0.1) is 33.3 Å². The van der Waals surface area contributed by atoms with E-state index < -0.39 is 29.2 Å². The Labute approximate surface area is 221 Å². The predicted octanol–water partition coefficient (Wildman–Crippen LogP) is 0.865. The molecule has 0 spiro atoms. The minimum atomic E-state index is -1.20. The molecule has 1 unspecified atom stereocenters. The monoisotopic (exact) mass is 571 g/mol. The first-order valence-corrected chi connectivity index (χ1v) is 14.3. The van der Waals surface area contributed by atoms with Crippen LogP contribution in [0.1, 0.15) is 12.6 Å². The molecular weight excluding hydrogens is 551 g/mol. The first-order valence-electron chi connectivity index (χ1n) is 10.5. The number of aromatic nitrogens is 3. The van der Waals surface area contributed by atoms with Crippen molar-refractivity contribution in [1.82, 2.24) is 25.4 Å². The van der Waals surface area contributed by atoms with Crippen LogP contribution in [0, 0.1) is 0 Å². The second-order valence-corrected chi connectivity index (χ2v) is 11.2. The maximum absolute atomic E-state index is 13.1. The number of aliphatic carboxylic acids is 1. The zero-order valence-corrected chi connectivity index (χ0v) is 22.0. The third-order valence-electron chi connectivity index (χ3n) is 4.90. The number of nitrogens with two attached hydrogens (primary N) is 1. The largest absolute Gasteiger partial charge is 0.477 e. The summed E-state index contributed by atoms with van der Waals surface area (Å²) in [6, 6.07) is -0.932. The molecule has 4 heterocycles. The Hall–Kier alpha value is -2.73. The maximum atomic E-state index is 13.1. The van der Waals surface area contributed by atoms with Gasteiger partial charge in [-0.25, -0.2) is 9.78 Å². The number of carbonyl (C=O) groups excluding carboxylic acids is 2. The van der Waals surface area contributed by atoms with Gasteiger partial charge in [-0.05, 0) is 12.5 Å². The van der Waals surface area contributed by atoms with Crippen molar-refractivity contribution in [3.8, 4) is 0 Å². The zero-order valence-electron chi connectivity index (χ0n) is 18.8. The summed E-state index contributed by atoms with van der Waals surface area (Å²) in [5, 5.41) is 25.3. The van der Waals surface area contributed by atoms with Crippen molar-refractivity contribution in [3.05, 3.63) is 27.9 Å². The number of β-lactam (4-membered cyclic amide) rings is 1. The minimum Gasteiger partial charge on any atom is -0.477 e. The number of nitrogen functional groups attached to an aromatic ring is 1. The van der Waals surface area contributed by atoms with Crippen LogP contribution in [0.2, 0.25) is 0 Å². The highest BCUT2D eigenvalue weighted by atomic mass is 32.2. The summed E-state index contributed by atoms with van der Waals surface area (Å²) < 4.78 is 5.89. The fourth-order valence-corrected chi connectivity index (χ4v) is 6.85. The van der Waals surface area contributed by atoms with E-state index in [-0.39, 0.29) is 35.4 Å². The zero-order chi connectivity index (χ0) is 25.7. The van der Waals surface area contributed by atoms with Crippen LogP contribution in [0.3, 0.4) is 0 Å². The van der Waals surface area contributed by atoms with Gasteiger partial charge >= 0.3 is 5.97 Å². The van der Waals surface area contributed by atoms with Crippen LogP contribution in [-0.4, -0.2) is 91.4 Å². The highest BCUT2D eigenvalue weighted by molar-refractivity contribution is 8.01. The van der Waals surface area contributed by atoms with Crippen molar-refractivity contribution >= 4 is 74.8 Å². The fraction of sp³-hybridized carbons (Fsp3) is 0.421. The molecule has 2 aromatic rings. The Bertz CT molecular complexity index is 1180. The van der Waals surface area contributed by atoms with Gasteiger partial charge in [0, 0.05) is 23.5 Å². The van der Waals surface area contributed by atoms with Crippen LogP contribution >= 0.6 is 46.2 Å². The third kappa shape index (κ3) is 5.80. The van der Waals surface area contributed by atoms with Crippen molar-refractivity contribution in [2.24, 2.45) is 5.16 Å². The molecule has 4 N–H and O–H groups in total. The Morgan fingerprint density at radius 1 is 1.39 bits per heavy atom. The number of hydrogen-bond donors (Lipinski definition) is 3. The van der Waals surface area contributed by atoms with E-state index in [2.05, 4.69) is 25.7 Å².